The molecule has 92 valence electrons. The van der Waals surface area contributed by atoms with Gasteiger partial charge in [0.1, 0.15) is 23.0 Å². The van der Waals surface area contributed by atoms with Gasteiger partial charge in [-0.1, -0.05) is 22.0 Å². The SMILES string of the molecule is O=C(Nc1cc(Br)ccn1)c1c(F)cccc1F. The van der Waals surface area contributed by atoms with Gasteiger partial charge in [0.15, 0.2) is 0 Å². The van der Waals surface area contributed by atoms with E-state index in [-0.39, 0.29) is 5.82 Å². The van der Waals surface area contributed by atoms with Crippen LogP contribution >= 0.6 is 15.9 Å². The molecule has 2 rings (SSSR count). The Kier molecular flexibility index (Phi) is 3.66. The predicted octanol–water partition coefficient (Wildman–Crippen LogP) is 3.37. The highest BCUT2D eigenvalue weighted by atomic mass is 79.9. The monoisotopic (exact) mass is 312 g/mol. The molecule has 0 saturated heterocycles. The smallest absolute Gasteiger partial charge is 0.262 e. The number of carbonyl (C=O) groups excluding carboxylic acids is 1. The van der Waals surface area contributed by atoms with Crippen LogP contribution < -0.4 is 5.32 Å². The third kappa shape index (κ3) is 2.70. The van der Waals surface area contributed by atoms with Crippen molar-refractivity contribution in [3.8, 4) is 0 Å². The number of hydrogen-bond acceptors (Lipinski definition) is 2. The summed E-state index contributed by atoms with van der Waals surface area (Å²) in [6, 6.07) is 6.42. The molecule has 1 heterocycles. The van der Waals surface area contributed by atoms with Gasteiger partial charge in [0.2, 0.25) is 0 Å². The summed E-state index contributed by atoms with van der Waals surface area (Å²) in [7, 11) is 0. The van der Waals surface area contributed by atoms with Crippen molar-refractivity contribution < 1.29 is 13.6 Å². The van der Waals surface area contributed by atoms with Crippen LogP contribution in [0.2, 0.25) is 0 Å². The number of aromatic nitrogens is 1. The van der Waals surface area contributed by atoms with Gasteiger partial charge in [0, 0.05) is 10.7 Å². The van der Waals surface area contributed by atoms with Gasteiger partial charge in [-0.15, -0.1) is 0 Å². The van der Waals surface area contributed by atoms with Crippen molar-refractivity contribution in [3.63, 3.8) is 0 Å². The number of carbonyl (C=O) groups is 1. The molecule has 0 aliphatic rings. The average Bonchev–Trinajstić information content (AvgIpc) is 2.28. The van der Waals surface area contributed by atoms with Crippen LogP contribution in [0.4, 0.5) is 14.6 Å². The molecular weight excluding hydrogens is 306 g/mol. The third-order valence-electron chi connectivity index (χ3n) is 2.15. The van der Waals surface area contributed by atoms with Crippen LogP contribution in [-0.2, 0) is 0 Å². The highest BCUT2D eigenvalue weighted by Crippen LogP contribution is 2.16. The summed E-state index contributed by atoms with van der Waals surface area (Å²) in [5.74, 6) is -2.50. The molecular formula is C12H7BrF2N2O. The Morgan fingerprint density at radius 2 is 1.89 bits per heavy atom. The summed E-state index contributed by atoms with van der Waals surface area (Å²) in [4.78, 5) is 15.6. The normalized spacial score (nSPS) is 10.2. The maximum atomic E-state index is 13.4. The molecule has 3 nitrogen and oxygen atoms in total. The molecule has 1 aromatic carbocycles. The maximum Gasteiger partial charge on any atom is 0.262 e. The van der Waals surface area contributed by atoms with Gasteiger partial charge >= 0.3 is 0 Å². The molecule has 1 N–H and O–H groups in total. The summed E-state index contributed by atoms with van der Waals surface area (Å²) in [5, 5.41) is 2.32. The van der Waals surface area contributed by atoms with Crippen molar-refractivity contribution >= 4 is 27.7 Å². The number of halogens is 3. The van der Waals surface area contributed by atoms with E-state index in [0.29, 0.717) is 4.47 Å². The Morgan fingerprint density at radius 3 is 2.50 bits per heavy atom. The average molecular weight is 313 g/mol. The number of rotatable bonds is 2. The van der Waals surface area contributed by atoms with E-state index in [2.05, 4.69) is 26.2 Å². The van der Waals surface area contributed by atoms with E-state index in [1.165, 1.54) is 18.3 Å². The van der Waals surface area contributed by atoms with Crippen molar-refractivity contribution in [1.29, 1.82) is 0 Å². The minimum Gasteiger partial charge on any atom is -0.306 e. The number of nitrogens with zero attached hydrogens (tertiary/aromatic N) is 1. The van der Waals surface area contributed by atoms with Crippen molar-refractivity contribution in [2.75, 3.05) is 5.32 Å². The van der Waals surface area contributed by atoms with Crippen molar-refractivity contribution in [2.24, 2.45) is 0 Å². The molecule has 0 spiro atoms. The summed E-state index contributed by atoms with van der Waals surface area (Å²) in [6.45, 7) is 0. The molecule has 0 bridgehead atoms. The fraction of sp³-hybridized carbons (Fsp3) is 0. The highest BCUT2D eigenvalue weighted by molar-refractivity contribution is 9.10. The minimum atomic E-state index is -0.914. The first-order chi connectivity index (χ1) is 8.58. The Morgan fingerprint density at radius 1 is 1.22 bits per heavy atom. The number of pyridine rings is 1. The van der Waals surface area contributed by atoms with Gasteiger partial charge in [0.05, 0.1) is 0 Å². The molecule has 0 radical (unpaired) electrons. The number of hydrogen-bond donors (Lipinski definition) is 1. The third-order valence-corrected chi connectivity index (χ3v) is 2.65. The van der Waals surface area contributed by atoms with Gasteiger partial charge in [0.25, 0.3) is 5.91 Å². The molecule has 0 saturated carbocycles. The van der Waals surface area contributed by atoms with Crippen LogP contribution in [0.1, 0.15) is 10.4 Å². The lowest BCUT2D eigenvalue weighted by atomic mass is 10.2. The summed E-state index contributed by atoms with van der Waals surface area (Å²) in [5.41, 5.74) is -0.626. The second-order valence-corrected chi connectivity index (χ2v) is 4.33. The lowest BCUT2D eigenvalue weighted by molar-refractivity contribution is 0.101. The lowest BCUT2D eigenvalue weighted by Gasteiger charge is -2.06. The zero-order valence-electron chi connectivity index (χ0n) is 8.95. The molecule has 6 heteroatoms. The first-order valence-corrected chi connectivity index (χ1v) is 5.74. The van der Waals surface area contributed by atoms with Crippen LogP contribution in [0.5, 0.6) is 0 Å². The minimum absolute atomic E-state index is 0.206. The Hall–Kier alpha value is -1.82. The van der Waals surface area contributed by atoms with Crippen molar-refractivity contribution in [3.05, 3.63) is 58.2 Å². The van der Waals surface area contributed by atoms with Crippen LogP contribution in [0.15, 0.2) is 41.0 Å². The van der Waals surface area contributed by atoms with E-state index < -0.39 is 23.1 Å². The zero-order valence-corrected chi connectivity index (χ0v) is 10.5. The molecule has 1 amide bonds. The fourth-order valence-electron chi connectivity index (χ4n) is 1.37. The number of benzene rings is 1. The molecule has 1 aromatic heterocycles. The number of amides is 1. The van der Waals surface area contributed by atoms with Crippen LogP contribution in [0.3, 0.4) is 0 Å². The first-order valence-electron chi connectivity index (χ1n) is 4.95. The van der Waals surface area contributed by atoms with E-state index >= 15 is 0 Å². The molecule has 0 atom stereocenters. The standard InChI is InChI=1S/C12H7BrF2N2O/c13-7-4-5-16-10(6-7)17-12(18)11-8(14)2-1-3-9(11)15/h1-6H,(H,16,17,18). The summed E-state index contributed by atoms with van der Waals surface area (Å²) < 4.78 is 27.4. The Balaban J connectivity index is 2.28. The second kappa shape index (κ2) is 5.22. The van der Waals surface area contributed by atoms with E-state index in [1.807, 2.05) is 0 Å². The number of anilines is 1. The number of nitrogens with one attached hydrogen (secondary N) is 1. The topological polar surface area (TPSA) is 42.0 Å². The summed E-state index contributed by atoms with van der Waals surface area (Å²) in [6.07, 6.45) is 1.46. The van der Waals surface area contributed by atoms with Crippen LogP contribution in [0, 0.1) is 11.6 Å². The molecule has 0 unspecified atom stereocenters. The Labute approximate surface area is 110 Å². The quantitative estimate of drug-likeness (QED) is 0.923. The van der Waals surface area contributed by atoms with E-state index in [1.54, 1.807) is 6.07 Å². The molecule has 0 fully saturated rings. The molecule has 0 aliphatic heterocycles. The van der Waals surface area contributed by atoms with Crippen LogP contribution in [0.25, 0.3) is 0 Å². The maximum absolute atomic E-state index is 13.4. The summed E-state index contributed by atoms with van der Waals surface area (Å²) >= 11 is 3.20. The molecule has 2 aromatic rings. The van der Waals surface area contributed by atoms with Gasteiger partial charge < -0.3 is 5.32 Å². The van der Waals surface area contributed by atoms with Gasteiger partial charge in [-0.05, 0) is 24.3 Å². The fourth-order valence-corrected chi connectivity index (χ4v) is 1.70. The molecule has 18 heavy (non-hydrogen) atoms. The largest absolute Gasteiger partial charge is 0.306 e. The second-order valence-electron chi connectivity index (χ2n) is 3.41. The van der Waals surface area contributed by atoms with E-state index in [4.69, 9.17) is 0 Å². The van der Waals surface area contributed by atoms with Crippen LogP contribution in [-0.4, -0.2) is 10.9 Å². The Bertz CT molecular complexity index is 584. The van der Waals surface area contributed by atoms with Gasteiger partial charge in [-0.3, -0.25) is 4.79 Å². The van der Waals surface area contributed by atoms with Crippen molar-refractivity contribution in [1.82, 2.24) is 4.98 Å². The lowest BCUT2D eigenvalue weighted by Crippen LogP contribution is -2.16. The zero-order chi connectivity index (χ0) is 13.1. The predicted molar refractivity (Wildman–Crippen MR) is 66.2 cm³/mol. The van der Waals surface area contributed by atoms with E-state index in [9.17, 15) is 13.6 Å². The van der Waals surface area contributed by atoms with Crippen molar-refractivity contribution in [2.45, 2.75) is 0 Å². The van der Waals surface area contributed by atoms with E-state index in [0.717, 1.165) is 12.1 Å². The van der Waals surface area contributed by atoms with Gasteiger partial charge in [-0.25, -0.2) is 13.8 Å². The highest BCUT2D eigenvalue weighted by Gasteiger charge is 2.17. The van der Waals surface area contributed by atoms with Gasteiger partial charge in [-0.2, -0.15) is 0 Å². The first kappa shape index (κ1) is 12.6. The molecule has 0 aliphatic carbocycles.